The van der Waals surface area contributed by atoms with Crippen molar-refractivity contribution in [3.8, 4) is 0 Å². The first kappa shape index (κ1) is 12.4. The van der Waals surface area contributed by atoms with Gasteiger partial charge in [-0.1, -0.05) is 23.2 Å². The smallest absolute Gasteiger partial charge is 0.259 e. The SMILES string of the molecule is Cc1ccc(F)c(C(=O)Nc2cc(Cl)ncn2)c1. The van der Waals surface area contributed by atoms with Gasteiger partial charge in [0.1, 0.15) is 23.1 Å². The average Bonchev–Trinajstić information content (AvgIpc) is 2.32. The third-order valence-corrected chi connectivity index (χ3v) is 2.45. The fraction of sp³-hybridized carbons (Fsp3) is 0.0833. The number of aromatic nitrogens is 2. The van der Waals surface area contributed by atoms with Gasteiger partial charge in [-0.25, -0.2) is 14.4 Å². The lowest BCUT2D eigenvalue weighted by Crippen LogP contribution is -2.15. The standard InChI is InChI=1S/C12H9ClFN3O/c1-7-2-3-9(14)8(4-7)12(18)17-11-5-10(13)15-6-16-11/h2-6H,1H3,(H,15,16,17,18). The number of benzene rings is 1. The fourth-order valence-corrected chi connectivity index (χ4v) is 1.55. The van der Waals surface area contributed by atoms with E-state index in [1.807, 2.05) is 0 Å². The minimum absolute atomic E-state index is 0.0373. The van der Waals surface area contributed by atoms with Gasteiger partial charge in [-0.3, -0.25) is 4.79 Å². The van der Waals surface area contributed by atoms with Crippen LogP contribution in [0.1, 0.15) is 15.9 Å². The van der Waals surface area contributed by atoms with Gasteiger partial charge in [0, 0.05) is 6.07 Å². The van der Waals surface area contributed by atoms with Crippen LogP contribution in [0.5, 0.6) is 0 Å². The Labute approximate surface area is 108 Å². The molecular weight excluding hydrogens is 257 g/mol. The van der Waals surface area contributed by atoms with E-state index in [1.54, 1.807) is 13.0 Å². The van der Waals surface area contributed by atoms with Crippen molar-refractivity contribution >= 4 is 23.3 Å². The molecule has 0 fully saturated rings. The molecule has 0 saturated heterocycles. The number of rotatable bonds is 2. The molecule has 0 bridgehead atoms. The summed E-state index contributed by atoms with van der Waals surface area (Å²) in [4.78, 5) is 19.3. The predicted octanol–water partition coefficient (Wildman–Crippen LogP) is 2.83. The summed E-state index contributed by atoms with van der Waals surface area (Å²) in [6.07, 6.45) is 1.21. The second-order valence-corrected chi connectivity index (χ2v) is 4.05. The van der Waals surface area contributed by atoms with E-state index in [2.05, 4.69) is 15.3 Å². The van der Waals surface area contributed by atoms with Gasteiger partial charge >= 0.3 is 0 Å². The zero-order valence-electron chi connectivity index (χ0n) is 9.45. The maximum Gasteiger partial charge on any atom is 0.259 e. The minimum atomic E-state index is -0.585. The lowest BCUT2D eigenvalue weighted by Gasteiger charge is -2.06. The Morgan fingerprint density at radius 1 is 1.33 bits per heavy atom. The Morgan fingerprint density at radius 2 is 2.11 bits per heavy atom. The van der Waals surface area contributed by atoms with Crippen LogP contribution in [0.4, 0.5) is 10.2 Å². The Hall–Kier alpha value is -2.01. The zero-order chi connectivity index (χ0) is 13.1. The first-order valence-electron chi connectivity index (χ1n) is 5.11. The molecule has 1 aromatic heterocycles. The van der Waals surface area contributed by atoms with Crippen molar-refractivity contribution in [1.82, 2.24) is 9.97 Å². The minimum Gasteiger partial charge on any atom is -0.306 e. The van der Waals surface area contributed by atoms with Crippen LogP contribution in [-0.4, -0.2) is 15.9 Å². The van der Waals surface area contributed by atoms with Crippen molar-refractivity contribution in [2.24, 2.45) is 0 Å². The van der Waals surface area contributed by atoms with Crippen LogP contribution >= 0.6 is 11.6 Å². The molecule has 0 aliphatic carbocycles. The molecule has 0 spiro atoms. The van der Waals surface area contributed by atoms with Gasteiger partial charge < -0.3 is 5.32 Å². The molecule has 0 saturated carbocycles. The molecule has 1 amide bonds. The molecule has 1 N–H and O–H groups in total. The third-order valence-electron chi connectivity index (χ3n) is 2.24. The summed E-state index contributed by atoms with van der Waals surface area (Å²) >= 11 is 5.65. The molecule has 6 heteroatoms. The molecule has 0 aliphatic heterocycles. The van der Waals surface area contributed by atoms with Gasteiger partial charge in [-0.05, 0) is 19.1 Å². The van der Waals surface area contributed by atoms with E-state index in [0.717, 1.165) is 5.56 Å². The molecule has 92 valence electrons. The molecular formula is C12H9ClFN3O. The lowest BCUT2D eigenvalue weighted by molar-refractivity contribution is 0.102. The van der Waals surface area contributed by atoms with Crippen LogP contribution in [0, 0.1) is 12.7 Å². The van der Waals surface area contributed by atoms with E-state index >= 15 is 0 Å². The molecule has 18 heavy (non-hydrogen) atoms. The van der Waals surface area contributed by atoms with E-state index in [4.69, 9.17) is 11.6 Å². The van der Waals surface area contributed by atoms with E-state index in [-0.39, 0.29) is 16.5 Å². The van der Waals surface area contributed by atoms with Gasteiger partial charge in [0.15, 0.2) is 0 Å². The highest BCUT2D eigenvalue weighted by atomic mass is 35.5. The zero-order valence-corrected chi connectivity index (χ0v) is 10.2. The highest BCUT2D eigenvalue weighted by Gasteiger charge is 2.12. The molecule has 2 rings (SSSR count). The van der Waals surface area contributed by atoms with Crippen molar-refractivity contribution < 1.29 is 9.18 Å². The number of anilines is 1. The van der Waals surface area contributed by atoms with Crippen LogP contribution < -0.4 is 5.32 Å². The van der Waals surface area contributed by atoms with Crippen LogP contribution in [0.15, 0.2) is 30.6 Å². The summed E-state index contributed by atoms with van der Waals surface area (Å²) in [6, 6.07) is 5.69. The second kappa shape index (κ2) is 5.10. The summed E-state index contributed by atoms with van der Waals surface area (Å²) in [6.45, 7) is 1.78. The number of aryl methyl sites for hydroxylation is 1. The van der Waals surface area contributed by atoms with Crippen LogP contribution in [-0.2, 0) is 0 Å². The largest absolute Gasteiger partial charge is 0.306 e. The van der Waals surface area contributed by atoms with Crippen molar-refractivity contribution in [1.29, 1.82) is 0 Å². The monoisotopic (exact) mass is 265 g/mol. The molecule has 0 aliphatic rings. The first-order chi connectivity index (χ1) is 8.56. The molecule has 0 atom stereocenters. The number of hydrogen-bond acceptors (Lipinski definition) is 3. The number of carbonyl (C=O) groups is 1. The normalized spacial score (nSPS) is 10.2. The topological polar surface area (TPSA) is 54.9 Å². The van der Waals surface area contributed by atoms with Crippen molar-refractivity contribution in [2.75, 3.05) is 5.32 Å². The molecule has 2 aromatic rings. The number of nitrogens with zero attached hydrogens (tertiary/aromatic N) is 2. The molecule has 1 aromatic carbocycles. The maximum absolute atomic E-state index is 13.5. The number of halogens is 2. The fourth-order valence-electron chi connectivity index (χ4n) is 1.40. The first-order valence-corrected chi connectivity index (χ1v) is 5.49. The predicted molar refractivity (Wildman–Crippen MR) is 66.1 cm³/mol. The Balaban J connectivity index is 2.24. The number of hydrogen-bond donors (Lipinski definition) is 1. The Morgan fingerprint density at radius 3 is 2.83 bits per heavy atom. The van der Waals surface area contributed by atoms with Gasteiger partial charge in [0.2, 0.25) is 0 Å². The Kier molecular flexibility index (Phi) is 3.53. The second-order valence-electron chi connectivity index (χ2n) is 3.66. The van der Waals surface area contributed by atoms with Crippen molar-refractivity contribution in [2.45, 2.75) is 6.92 Å². The van der Waals surface area contributed by atoms with Crippen LogP contribution in [0.3, 0.4) is 0 Å². The quantitative estimate of drug-likeness (QED) is 0.850. The summed E-state index contributed by atoms with van der Waals surface area (Å²) in [7, 11) is 0. The highest BCUT2D eigenvalue weighted by Crippen LogP contribution is 2.13. The number of nitrogens with one attached hydrogen (secondary N) is 1. The van der Waals surface area contributed by atoms with E-state index in [9.17, 15) is 9.18 Å². The summed E-state index contributed by atoms with van der Waals surface area (Å²) < 4.78 is 13.5. The molecule has 0 radical (unpaired) electrons. The Bertz CT molecular complexity index is 604. The lowest BCUT2D eigenvalue weighted by atomic mass is 10.1. The highest BCUT2D eigenvalue weighted by molar-refractivity contribution is 6.29. The van der Waals surface area contributed by atoms with E-state index in [1.165, 1.54) is 24.5 Å². The van der Waals surface area contributed by atoms with E-state index < -0.39 is 11.7 Å². The average molecular weight is 266 g/mol. The van der Waals surface area contributed by atoms with Crippen LogP contribution in [0.2, 0.25) is 5.15 Å². The van der Waals surface area contributed by atoms with Gasteiger partial charge in [0.25, 0.3) is 5.91 Å². The molecule has 1 heterocycles. The van der Waals surface area contributed by atoms with Crippen molar-refractivity contribution in [3.63, 3.8) is 0 Å². The molecule has 4 nitrogen and oxygen atoms in total. The number of carbonyl (C=O) groups excluding carboxylic acids is 1. The van der Waals surface area contributed by atoms with E-state index in [0.29, 0.717) is 0 Å². The van der Waals surface area contributed by atoms with Crippen LogP contribution in [0.25, 0.3) is 0 Å². The maximum atomic E-state index is 13.5. The van der Waals surface area contributed by atoms with Crippen molar-refractivity contribution in [3.05, 3.63) is 52.7 Å². The summed E-state index contributed by atoms with van der Waals surface area (Å²) in [5.74, 6) is -0.940. The molecule has 0 unspecified atom stereocenters. The van der Waals surface area contributed by atoms with Gasteiger partial charge in [-0.2, -0.15) is 0 Å². The third kappa shape index (κ3) is 2.81. The summed E-state index contributed by atoms with van der Waals surface area (Å²) in [5, 5.41) is 2.65. The summed E-state index contributed by atoms with van der Waals surface area (Å²) in [5.41, 5.74) is 0.756. The van der Waals surface area contributed by atoms with Gasteiger partial charge in [0.05, 0.1) is 5.56 Å². The van der Waals surface area contributed by atoms with Gasteiger partial charge in [-0.15, -0.1) is 0 Å². The number of amides is 1.